The van der Waals surface area contributed by atoms with Gasteiger partial charge in [-0.3, -0.25) is 0 Å². The standard InChI is InChI=1S/C33H39N3O3/c1-10-28(37)39-27-17-13-16-26(36-34-24-14-11-12-15-25(24)35-36)29(27)33(8,9)23-19-21(2)18-22(30(23)38)32(6,7)20-31(3,4)5/h10-19,38H,1,20H2,2-9H3. The monoisotopic (exact) mass is 525 g/mol. The molecule has 0 spiro atoms. The summed E-state index contributed by atoms with van der Waals surface area (Å²) >= 11 is 0. The van der Waals surface area contributed by atoms with Crippen molar-refractivity contribution in [3.63, 3.8) is 0 Å². The van der Waals surface area contributed by atoms with Crippen molar-refractivity contribution >= 4 is 17.0 Å². The van der Waals surface area contributed by atoms with Crippen LogP contribution in [0.2, 0.25) is 0 Å². The fourth-order valence-corrected chi connectivity index (χ4v) is 5.84. The molecule has 0 atom stereocenters. The van der Waals surface area contributed by atoms with E-state index in [1.807, 2.05) is 63.2 Å². The number of hydrogen-bond acceptors (Lipinski definition) is 5. The number of carbonyl (C=O) groups is 1. The van der Waals surface area contributed by atoms with Crippen LogP contribution in [0.25, 0.3) is 16.7 Å². The third kappa shape index (κ3) is 5.60. The molecule has 0 fully saturated rings. The average Bonchev–Trinajstić information content (AvgIpc) is 3.27. The second-order valence-corrected chi connectivity index (χ2v) is 12.7. The van der Waals surface area contributed by atoms with Gasteiger partial charge in [0.15, 0.2) is 0 Å². The molecule has 39 heavy (non-hydrogen) atoms. The largest absolute Gasteiger partial charge is 0.507 e. The van der Waals surface area contributed by atoms with Crippen molar-refractivity contribution in [1.29, 1.82) is 0 Å². The molecule has 3 aromatic carbocycles. The summed E-state index contributed by atoms with van der Waals surface area (Å²) in [7, 11) is 0. The molecule has 0 amide bonds. The van der Waals surface area contributed by atoms with E-state index in [-0.39, 0.29) is 16.6 Å². The van der Waals surface area contributed by atoms with E-state index in [1.165, 1.54) is 0 Å². The number of esters is 1. The zero-order chi connectivity index (χ0) is 28.8. The Hall–Kier alpha value is -3.93. The number of ether oxygens (including phenoxy) is 1. The second-order valence-electron chi connectivity index (χ2n) is 12.7. The van der Waals surface area contributed by atoms with E-state index in [9.17, 15) is 9.90 Å². The van der Waals surface area contributed by atoms with Crippen molar-refractivity contribution in [3.8, 4) is 17.2 Å². The van der Waals surface area contributed by atoms with Crippen molar-refractivity contribution in [3.05, 3.63) is 89.5 Å². The number of aromatic hydroxyl groups is 1. The van der Waals surface area contributed by atoms with Gasteiger partial charge in [0.2, 0.25) is 0 Å². The van der Waals surface area contributed by atoms with Gasteiger partial charge in [-0.15, -0.1) is 15.0 Å². The lowest BCUT2D eigenvalue weighted by atomic mass is 9.69. The summed E-state index contributed by atoms with van der Waals surface area (Å²) in [5.41, 5.74) is 4.49. The fraction of sp³-hybridized carbons (Fsp3) is 0.364. The number of nitrogens with zero attached hydrogens (tertiary/aromatic N) is 3. The first kappa shape index (κ1) is 28.1. The molecule has 204 valence electrons. The molecule has 1 N–H and O–H groups in total. The number of hydrogen-bond donors (Lipinski definition) is 1. The van der Waals surface area contributed by atoms with Crippen molar-refractivity contribution in [2.24, 2.45) is 5.41 Å². The van der Waals surface area contributed by atoms with Gasteiger partial charge in [0, 0.05) is 28.2 Å². The van der Waals surface area contributed by atoms with E-state index < -0.39 is 11.4 Å². The van der Waals surface area contributed by atoms with Gasteiger partial charge in [-0.25, -0.2) is 4.79 Å². The van der Waals surface area contributed by atoms with Gasteiger partial charge in [0.05, 0.1) is 5.69 Å². The maximum Gasteiger partial charge on any atom is 0.335 e. The van der Waals surface area contributed by atoms with Gasteiger partial charge in [-0.1, -0.05) is 90.9 Å². The summed E-state index contributed by atoms with van der Waals surface area (Å²) in [6, 6.07) is 17.2. The Kier molecular flexibility index (Phi) is 7.20. The molecule has 4 aromatic rings. The SMILES string of the molecule is C=CC(=O)Oc1cccc(-n2nc3ccccc3n2)c1C(C)(C)c1cc(C)cc(C(C)(C)CC(C)(C)C)c1O. The second kappa shape index (κ2) is 9.99. The highest BCUT2D eigenvalue weighted by molar-refractivity contribution is 5.84. The number of carbonyl (C=O) groups excluding carboxylic acids is 1. The lowest BCUT2D eigenvalue weighted by Crippen LogP contribution is -2.28. The van der Waals surface area contributed by atoms with E-state index in [0.29, 0.717) is 17.0 Å². The molecule has 6 nitrogen and oxygen atoms in total. The molecule has 0 radical (unpaired) electrons. The van der Waals surface area contributed by atoms with Crippen LogP contribution in [-0.4, -0.2) is 26.1 Å². The fourth-order valence-electron chi connectivity index (χ4n) is 5.84. The van der Waals surface area contributed by atoms with Crippen LogP contribution in [0.1, 0.15) is 77.1 Å². The number of aryl methyl sites for hydroxylation is 1. The van der Waals surface area contributed by atoms with Gasteiger partial charge >= 0.3 is 5.97 Å². The molecule has 0 bridgehead atoms. The Morgan fingerprint density at radius 2 is 1.54 bits per heavy atom. The van der Waals surface area contributed by atoms with E-state index in [1.54, 1.807) is 10.9 Å². The first-order valence-electron chi connectivity index (χ1n) is 13.3. The number of rotatable bonds is 7. The smallest absolute Gasteiger partial charge is 0.335 e. The number of aromatic nitrogens is 3. The van der Waals surface area contributed by atoms with Crippen LogP contribution < -0.4 is 4.74 Å². The predicted molar refractivity (Wildman–Crippen MR) is 157 cm³/mol. The van der Waals surface area contributed by atoms with Crippen LogP contribution >= 0.6 is 0 Å². The Balaban J connectivity index is 1.99. The van der Waals surface area contributed by atoms with E-state index in [2.05, 4.69) is 47.3 Å². The summed E-state index contributed by atoms with van der Waals surface area (Å²) < 4.78 is 5.76. The van der Waals surface area contributed by atoms with Crippen LogP contribution in [0, 0.1) is 12.3 Å². The quantitative estimate of drug-likeness (QED) is 0.153. The predicted octanol–water partition coefficient (Wildman–Crippen LogP) is 7.57. The number of benzene rings is 3. The third-order valence-corrected chi connectivity index (χ3v) is 7.14. The summed E-state index contributed by atoms with van der Waals surface area (Å²) in [5, 5.41) is 21.3. The minimum atomic E-state index is -0.810. The van der Waals surface area contributed by atoms with Crippen LogP contribution in [0.15, 0.2) is 67.3 Å². The van der Waals surface area contributed by atoms with E-state index in [4.69, 9.17) is 14.9 Å². The summed E-state index contributed by atoms with van der Waals surface area (Å²) in [6.07, 6.45) is 2.03. The summed E-state index contributed by atoms with van der Waals surface area (Å²) in [4.78, 5) is 14.0. The molecule has 4 rings (SSSR count). The lowest BCUT2D eigenvalue weighted by Gasteiger charge is -2.36. The highest BCUT2D eigenvalue weighted by Crippen LogP contribution is 2.48. The molecule has 0 saturated heterocycles. The van der Waals surface area contributed by atoms with E-state index >= 15 is 0 Å². The first-order chi connectivity index (χ1) is 18.1. The van der Waals surface area contributed by atoms with Crippen molar-refractivity contribution in [1.82, 2.24) is 15.0 Å². The average molecular weight is 526 g/mol. The molecule has 0 aliphatic carbocycles. The Labute approximate surface area is 231 Å². The maximum absolute atomic E-state index is 12.4. The summed E-state index contributed by atoms with van der Waals surface area (Å²) in [5.74, 6) is 0.0395. The lowest BCUT2D eigenvalue weighted by molar-refractivity contribution is -0.129. The van der Waals surface area contributed by atoms with E-state index in [0.717, 1.165) is 40.2 Å². The van der Waals surface area contributed by atoms with Gasteiger partial charge in [-0.05, 0) is 48.4 Å². The molecular weight excluding hydrogens is 486 g/mol. The number of fused-ring (bicyclic) bond motifs is 1. The molecular formula is C33H39N3O3. The van der Waals surface area contributed by atoms with Gasteiger partial charge in [-0.2, -0.15) is 0 Å². The van der Waals surface area contributed by atoms with Crippen molar-refractivity contribution < 1.29 is 14.6 Å². The van der Waals surface area contributed by atoms with Gasteiger partial charge < -0.3 is 9.84 Å². The van der Waals surface area contributed by atoms with Crippen molar-refractivity contribution in [2.45, 2.75) is 72.6 Å². The normalized spacial score (nSPS) is 12.5. The number of phenolic OH excluding ortho intramolecular Hbond substituents is 1. The number of phenols is 1. The zero-order valence-electron chi connectivity index (χ0n) is 24.3. The van der Waals surface area contributed by atoms with Crippen LogP contribution in [0.5, 0.6) is 11.5 Å². The van der Waals surface area contributed by atoms with Gasteiger partial charge in [0.1, 0.15) is 22.5 Å². The third-order valence-electron chi connectivity index (χ3n) is 7.14. The van der Waals surface area contributed by atoms with Crippen molar-refractivity contribution in [2.75, 3.05) is 0 Å². The van der Waals surface area contributed by atoms with Crippen LogP contribution in [0.3, 0.4) is 0 Å². The van der Waals surface area contributed by atoms with Crippen LogP contribution in [0.4, 0.5) is 0 Å². The van der Waals surface area contributed by atoms with Gasteiger partial charge in [0.25, 0.3) is 0 Å². The maximum atomic E-state index is 12.4. The molecule has 6 heteroatoms. The molecule has 0 aliphatic rings. The zero-order valence-corrected chi connectivity index (χ0v) is 24.3. The molecule has 0 saturated carbocycles. The molecule has 1 heterocycles. The Bertz CT molecular complexity index is 1520. The van der Waals surface area contributed by atoms with Crippen LogP contribution in [-0.2, 0) is 15.6 Å². The highest BCUT2D eigenvalue weighted by Gasteiger charge is 2.37. The molecule has 0 aliphatic heterocycles. The molecule has 0 unspecified atom stereocenters. The molecule has 1 aromatic heterocycles. The Morgan fingerprint density at radius 3 is 2.10 bits per heavy atom. The minimum Gasteiger partial charge on any atom is -0.507 e. The first-order valence-corrected chi connectivity index (χ1v) is 13.3. The minimum absolute atomic E-state index is 0.0712. The Morgan fingerprint density at radius 1 is 0.949 bits per heavy atom. The topological polar surface area (TPSA) is 77.2 Å². The highest BCUT2D eigenvalue weighted by atomic mass is 16.5. The summed E-state index contributed by atoms with van der Waals surface area (Å²) in [6.45, 7) is 20.6.